The molecule has 0 amide bonds. The average molecular weight is 319 g/mol. The molecule has 21 heavy (non-hydrogen) atoms. The molecular formula is C15H18ClF3N2. The molecule has 2 aliphatic heterocycles. The Morgan fingerprint density at radius 3 is 2.33 bits per heavy atom. The fraction of sp³-hybridized carbons (Fsp3) is 0.600. The van der Waals surface area contributed by atoms with Gasteiger partial charge in [0.15, 0.2) is 0 Å². The van der Waals surface area contributed by atoms with Crippen LogP contribution < -0.4 is 5.32 Å². The van der Waals surface area contributed by atoms with Crippen LogP contribution in [0, 0.1) is 0 Å². The largest absolute Gasteiger partial charge is 0.416 e. The normalized spacial score (nSPS) is 29.7. The predicted octanol–water partition coefficient (Wildman–Crippen LogP) is 4.40. The molecule has 1 aromatic carbocycles. The van der Waals surface area contributed by atoms with Gasteiger partial charge in [0.05, 0.1) is 16.3 Å². The van der Waals surface area contributed by atoms with Gasteiger partial charge < -0.3 is 10.2 Å². The molecular weight excluding hydrogens is 301 g/mol. The molecule has 2 bridgehead atoms. The second-order valence-corrected chi connectivity index (χ2v) is 6.46. The summed E-state index contributed by atoms with van der Waals surface area (Å²) in [6, 6.07) is 4.95. The molecule has 0 aromatic heterocycles. The lowest BCUT2D eigenvalue weighted by atomic mass is 9.97. The minimum absolute atomic E-state index is 0.135. The van der Waals surface area contributed by atoms with Crippen LogP contribution in [0.3, 0.4) is 0 Å². The van der Waals surface area contributed by atoms with Crippen molar-refractivity contribution >= 4 is 17.3 Å². The molecule has 2 nitrogen and oxygen atoms in total. The van der Waals surface area contributed by atoms with Crippen LogP contribution in [0.1, 0.15) is 31.2 Å². The smallest absolute Gasteiger partial charge is 0.381 e. The van der Waals surface area contributed by atoms with Crippen LogP contribution >= 0.6 is 11.6 Å². The molecule has 1 N–H and O–H groups in total. The van der Waals surface area contributed by atoms with Crippen LogP contribution in [0.2, 0.25) is 5.02 Å². The first-order chi connectivity index (χ1) is 9.84. The lowest BCUT2D eigenvalue weighted by molar-refractivity contribution is -0.137. The molecule has 0 spiro atoms. The number of hydrogen-bond donors (Lipinski definition) is 1. The van der Waals surface area contributed by atoms with Crippen molar-refractivity contribution in [3.8, 4) is 0 Å². The fourth-order valence-corrected chi connectivity index (χ4v) is 3.79. The molecule has 2 heterocycles. The van der Waals surface area contributed by atoms with Crippen LogP contribution in [-0.4, -0.2) is 30.1 Å². The zero-order valence-corrected chi connectivity index (χ0v) is 12.5. The van der Waals surface area contributed by atoms with E-state index < -0.39 is 11.7 Å². The highest BCUT2D eigenvalue weighted by molar-refractivity contribution is 6.33. The summed E-state index contributed by atoms with van der Waals surface area (Å²) in [4.78, 5) is 2.42. The number of halogens is 4. The maximum Gasteiger partial charge on any atom is 0.416 e. The molecule has 2 unspecified atom stereocenters. The molecule has 2 aliphatic rings. The van der Waals surface area contributed by atoms with E-state index in [1.54, 1.807) is 0 Å². The first-order valence-corrected chi connectivity index (χ1v) is 7.57. The summed E-state index contributed by atoms with van der Waals surface area (Å²) in [6.07, 6.45) is 0.101. The van der Waals surface area contributed by atoms with Crippen molar-refractivity contribution in [1.82, 2.24) is 4.90 Å². The molecule has 0 aliphatic carbocycles. The Bertz CT molecular complexity index is 518. The van der Waals surface area contributed by atoms with Crippen LogP contribution in [0.5, 0.6) is 0 Å². The predicted molar refractivity (Wildman–Crippen MR) is 77.7 cm³/mol. The van der Waals surface area contributed by atoms with E-state index in [-0.39, 0.29) is 11.1 Å². The zero-order valence-electron chi connectivity index (χ0n) is 11.8. The number of hydrogen-bond acceptors (Lipinski definition) is 2. The van der Waals surface area contributed by atoms with Crippen molar-refractivity contribution in [2.24, 2.45) is 0 Å². The molecule has 116 valence electrons. The van der Waals surface area contributed by atoms with E-state index in [9.17, 15) is 13.2 Å². The first-order valence-electron chi connectivity index (χ1n) is 7.20. The van der Waals surface area contributed by atoms with Gasteiger partial charge in [-0.1, -0.05) is 11.6 Å². The van der Waals surface area contributed by atoms with Gasteiger partial charge in [-0.25, -0.2) is 0 Å². The van der Waals surface area contributed by atoms with E-state index in [2.05, 4.69) is 17.3 Å². The third-order valence-electron chi connectivity index (χ3n) is 4.75. The minimum atomic E-state index is -4.35. The Hall–Kier alpha value is -0.940. The number of alkyl halides is 3. The molecule has 0 radical (unpaired) electrons. The van der Waals surface area contributed by atoms with Crippen LogP contribution in [-0.2, 0) is 6.18 Å². The maximum absolute atomic E-state index is 12.6. The topological polar surface area (TPSA) is 15.3 Å². The van der Waals surface area contributed by atoms with Gasteiger partial charge in [0.25, 0.3) is 0 Å². The van der Waals surface area contributed by atoms with Gasteiger partial charge in [0, 0.05) is 18.1 Å². The third-order valence-corrected chi connectivity index (χ3v) is 5.07. The minimum Gasteiger partial charge on any atom is -0.381 e. The van der Waals surface area contributed by atoms with Crippen molar-refractivity contribution in [2.45, 2.75) is 50.0 Å². The second kappa shape index (κ2) is 5.36. The molecule has 2 fully saturated rings. The monoisotopic (exact) mass is 318 g/mol. The van der Waals surface area contributed by atoms with Crippen molar-refractivity contribution in [2.75, 3.05) is 12.4 Å². The van der Waals surface area contributed by atoms with E-state index in [1.807, 2.05) is 0 Å². The lowest BCUT2D eigenvalue weighted by Crippen LogP contribution is -2.44. The average Bonchev–Trinajstić information content (AvgIpc) is 2.62. The standard InChI is InChI=1S/C15H18ClF3N2/c1-21-11-3-4-12(21)8-10(7-11)20-14-5-2-9(6-13(14)16)15(17,18)19/h2,5-6,10-12,20H,3-4,7-8H2,1H3. The first kappa shape index (κ1) is 15.0. The van der Waals surface area contributed by atoms with Gasteiger partial charge in [-0.05, 0) is 50.9 Å². The van der Waals surface area contributed by atoms with Gasteiger partial charge in [-0.3, -0.25) is 0 Å². The molecule has 0 saturated carbocycles. The molecule has 3 rings (SSSR count). The highest BCUT2D eigenvalue weighted by Crippen LogP contribution is 2.38. The summed E-state index contributed by atoms with van der Waals surface area (Å²) in [5, 5.41) is 3.46. The Balaban J connectivity index is 1.71. The number of benzene rings is 1. The summed E-state index contributed by atoms with van der Waals surface area (Å²) in [6.45, 7) is 0. The number of nitrogens with zero attached hydrogens (tertiary/aromatic N) is 1. The highest BCUT2D eigenvalue weighted by Gasteiger charge is 2.38. The van der Waals surface area contributed by atoms with E-state index in [4.69, 9.17) is 11.6 Å². The Morgan fingerprint density at radius 1 is 1.19 bits per heavy atom. The van der Waals surface area contributed by atoms with Crippen LogP contribution in [0.25, 0.3) is 0 Å². The SMILES string of the molecule is CN1C2CCC1CC(Nc1ccc(C(F)(F)F)cc1Cl)C2. The van der Waals surface area contributed by atoms with Gasteiger partial charge in [0.2, 0.25) is 0 Å². The molecule has 1 aromatic rings. The Morgan fingerprint density at radius 2 is 1.81 bits per heavy atom. The molecule has 6 heteroatoms. The van der Waals surface area contributed by atoms with Crippen molar-refractivity contribution in [3.63, 3.8) is 0 Å². The van der Waals surface area contributed by atoms with E-state index >= 15 is 0 Å². The highest BCUT2D eigenvalue weighted by atomic mass is 35.5. The van der Waals surface area contributed by atoms with Crippen LogP contribution in [0.4, 0.5) is 18.9 Å². The number of fused-ring (bicyclic) bond motifs is 2. The number of anilines is 1. The quantitative estimate of drug-likeness (QED) is 0.869. The summed E-state index contributed by atoms with van der Waals surface area (Å²) in [7, 11) is 2.16. The summed E-state index contributed by atoms with van der Waals surface area (Å²) in [5.74, 6) is 0. The fourth-order valence-electron chi connectivity index (χ4n) is 3.56. The number of rotatable bonds is 2. The molecule has 2 atom stereocenters. The Labute approximate surface area is 127 Å². The van der Waals surface area contributed by atoms with Gasteiger partial charge >= 0.3 is 6.18 Å². The van der Waals surface area contributed by atoms with E-state index in [1.165, 1.54) is 18.9 Å². The maximum atomic E-state index is 12.6. The van der Waals surface area contributed by atoms with Crippen LogP contribution in [0.15, 0.2) is 18.2 Å². The zero-order chi connectivity index (χ0) is 15.2. The van der Waals surface area contributed by atoms with Gasteiger partial charge in [-0.15, -0.1) is 0 Å². The van der Waals surface area contributed by atoms with Crippen molar-refractivity contribution in [1.29, 1.82) is 0 Å². The number of nitrogens with one attached hydrogen (secondary N) is 1. The summed E-state index contributed by atoms with van der Waals surface area (Å²) in [5.41, 5.74) is -0.111. The van der Waals surface area contributed by atoms with E-state index in [0.717, 1.165) is 25.0 Å². The summed E-state index contributed by atoms with van der Waals surface area (Å²) < 4.78 is 37.9. The molecule has 2 saturated heterocycles. The number of piperidine rings is 1. The van der Waals surface area contributed by atoms with Crippen molar-refractivity contribution < 1.29 is 13.2 Å². The van der Waals surface area contributed by atoms with Crippen molar-refractivity contribution in [3.05, 3.63) is 28.8 Å². The van der Waals surface area contributed by atoms with Gasteiger partial charge in [-0.2, -0.15) is 13.2 Å². The summed E-state index contributed by atoms with van der Waals surface area (Å²) >= 11 is 6.00. The second-order valence-electron chi connectivity index (χ2n) is 6.06. The third kappa shape index (κ3) is 2.99. The van der Waals surface area contributed by atoms with Gasteiger partial charge in [0.1, 0.15) is 0 Å². The lowest BCUT2D eigenvalue weighted by Gasteiger charge is -2.37. The van der Waals surface area contributed by atoms with E-state index in [0.29, 0.717) is 17.8 Å². The Kier molecular flexibility index (Phi) is 3.82.